The molecule has 0 aromatic heterocycles. The summed E-state index contributed by atoms with van der Waals surface area (Å²) >= 11 is 0. The van der Waals surface area contributed by atoms with Crippen molar-refractivity contribution in [1.29, 1.82) is 0 Å². The van der Waals surface area contributed by atoms with E-state index in [0.717, 1.165) is 0 Å². The Morgan fingerprint density at radius 3 is 1.82 bits per heavy atom. The molecule has 0 atom stereocenters. The highest BCUT2D eigenvalue weighted by molar-refractivity contribution is 7.85. The van der Waals surface area contributed by atoms with E-state index in [4.69, 9.17) is 4.55 Å². The van der Waals surface area contributed by atoms with Gasteiger partial charge in [-0.25, -0.2) is 0 Å². The first kappa shape index (κ1) is 16.9. The van der Waals surface area contributed by atoms with Gasteiger partial charge in [-0.3, -0.25) is 4.55 Å². The van der Waals surface area contributed by atoms with Crippen molar-refractivity contribution < 1.29 is 13.0 Å². The molecule has 0 aliphatic rings. The van der Waals surface area contributed by atoms with Crippen molar-refractivity contribution in [1.82, 2.24) is 6.15 Å². The Labute approximate surface area is 68.6 Å². The van der Waals surface area contributed by atoms with Crippen LogP contribution < -0.4 is 6.15 Å². The second-order valence-corrected chi connectivity index (χ2v) is 3.27. The zero-order valence-electron chi connectivity index (χ0n) is 7.08. The van der Waals surface area contributed by atoms with Gasteiger partial charge in [0.1, 0.15) is 0 Å². The molecule has 0 rings (SSSR count). The van der Waals surface area contributed by atoms with Crippen molar-refractivity contribution in [2.45, 2.75) is 20.3 Å². The van der Waals surface area contributed by atoms with Gasteiger partial charge in [-0.15, -0.1) is 6.58 Å². The summed E-state index contributed by atoms with van der Waals surface area (Å²) in [4.78, 5) is 0. The molecular formula is C6H17NO3S. The lowest BCUT2D eigenvalue weighted by Gasteiger charge is -1.85. The molecule has 0 fully saturated rings. The fraction of sp³-hybridized carbons (Fsp3) is 0.667. The lowest BCUT2D eigenvalue weighted by atomic mass is 10.6. The highest BCUT2D eigenvalue weighted by Crippen LogP contribution is 1.83. The summed E-state index contributed by atoms with van der Waals surface area (Å²) in [5.41, 5.74) is 0. The summed E-state index contributed by atoms with van der Waals surface area (Å²) in [6, 6.07) is 0. The lowest BCUT2D eigenvalue weighted by molar-refractivity contribution is 0.482. The van der Waals surface area contributed by atoms with Crippen molar-refractivity contribution in [2.24, 2.45) is 0 Å². The molecule has 0 aromatic carbocycles. The van der Waals surface area contributed by atoms with Gasteiger partial charge in [0.15, 0.2) is 0 Å². The van der Waals surface area contributed by atoms with Crippen molar-refractivity contribution >= 4 is 10.1 Å². The fourth-order valence-electron chi connectivity index (χ4n) is 0.258. The largest absolute Gasteiger partial charge is 0.344 e. The van der Waals surface area contributed by atoms with Crippen molar-refractivity contribution in [3.05, 3.63) is 12.7 Å². The summed E-state index contributed by atoms with van der Waals surface area (Å²) in [5, 5.41) is 0. The van der Waals surface area contributed by atoms with Gasteiger partial charge in [-0.05, 0) is 13.3 Å². The summed E-state index contributed by atoms with van der Waals surface area (Å²) in [5.74, 6) is -0.132. The van der Waals surface area contributed by atoms with Crippen LogP contribution in [0.2, 0.25) is 0 Å². The number of hydrogen-bond acceptors (Lipinski definition) is 3. The van der Waals surface area contributed by atoms with Crippen LogP contribution in [0.4, 0.5) is 0 Å². The van der Waals surface area contributed by atoms with Gasteiger partial charge in [-0.2, -0.15) is 8.42 Å². The molecule has 0 aromatic rings. The van der Waals surface area contributed by atoms with Crippen LogP contribution in [0.5, 0.6) is 0 Å². The van der Waals surface area contributed by atoms with Crippen molar-refractivity contribution in [2.75, 3.05) is 5.75 Å². The summed E-state index contributed by atoms with van der Waals surface area (Å²) in [6.07, 6.45) is 2.22. The topological polar surface area (TPSA) is 89.4 Å². The van der Waals surface area contributed by atoms with E-state index in [2.05, 4.69) is 6.58 Å². The number of rotatable bonds is 2. The smallest absolute Gasteiger partial charge is 0.264 e. The first-order chi connectivity index (χ1) is 4.47. The van der Waals surface area contributed by atoms with E-state index in [1.54, 1.807) is 13.0 Å². The molecule has 11 heavy (non-hydrogen) atoms. The normalized spacial score (nSPS) is 8.64. The summed E-state index contributed by atoms with van der Waals surface area (Å²) < 4.78 is 27.6. The van der Waals surface area contributed by atoms with Gasteiger partial charge in [0.25, 0.3) is 10.1 Å². The van der Waals surface area contributed by atoms with Crippen LogP contribution >= 0.6 is 0 Å². The highest BCUT2D eigenvalue weighted by atomic mass is 32.2. The summed E-state index contributed by atoms with van der Waals surface area (Å²) in [6.45, 7) is 6.94. The third-order valence-electron chi connectivity index (χ3n) is 0.462. The maximum Gasteiger partial charge on any atom is 0.264 e. The van der Waals surface area contributed by atoms with Crippen molar-refractivity contribution in [3.63, 3.8) is 0 Å². The first-order valence-electron chi connectivity index (χ1n) is 3.00. The molecule has 4 N–H and O–H groups in total. The zero-order valence-corrected chi connectivity index (χ0v) is 7.89. The third-order valence-corrected chi connectivity index (χ3v) is 1.39. The third kappa shape index (κ3) is 42.7. The molecule has 0 radical (unpaired) electrons. The second-order valence-electron chi connectivity index (χ2n) is 1.69. The van der Waals surface area contributed by atoms with E-state index in [9.17, 15) is 8.42 Å². The second kappa shape index (κ2) is 9.61. The molecular weight excluding hydrogens is 166 g/mol. The average Bonchev–Trinajstić information content (AvgIpc) is 1.63. The summed E-state index contributed by atoms with van der Waals surface area (Å²) in [7, 11) is -3.67. The number of allylic oxidation sites excluding steroid dienone is 1. The molecule has 0 aliphatic heterocycles. The minimum Gasteiger partial charge on any atom is -0.344 e. The molecule has 0 aliphatic carbocycles. The van der Waals surface area contributed by atoms with Gasteiger partial charge in [-0.1, -0.05) is 13.0 Å². The molecule has 5 heteroatoms. The van der Waals surface area contributed by atoms with Crippen LogP contribution in [-0.2, 0) is 10.1 Å². The Balaban J connectivity index is -0.000000140. The Kier molecular flexibility index (Phi) is 14.8. The van der Waals surface area contributed by atoms with Gasteiger partial charge in [0.2, 0.25) is 0 Å². The van der Waals surface area contributed by atoms with E-state index in [-0.39, 0.29) is 11.9 Å². The molecule has 0 unspecified atom stereocenters. The Morgan fingerprint density at radius 2 is 1.82 bits per heavy atom. The molecule has 0 saturated heterocycles. The maximum atomic E-state index is 9.79. The van der Waals surface area contributed by atoms with Crippen LogP contribution in [0.1, 0.15) is 20.3 Å². The number of hydrogen-bond donors (Lipinski definition) is 2. The zero-order chi connectivity index (χ0) is 8.62. The first-order valence-corrected chi connectivity index (χ1v) is 4.61. The lowest BCUT2D eigenvalue weighted by Crippen LogP contribution is -2.01. The standard InChI is InChI=1S/C3H8O3S.C3H6.H3N/c1-2-3-7(4,5)6;1-3-2;/h2-3H2,1H3,(H,4,5,6);3H,1H2,2H3;1H3. The van der Waals surface area contributed by atoms with E-state index in [1.165, 1.54) is 0 Å². The quantitative estimate of drug-likeness (QED) is 0.503. The minimum atomic E-state index is -3.67. The molecule has 0 spiro atoms. The Morgan fingerprint density at radius 1 is 1.55 bits per heavy atom. The van der Waals surface area contributed by atoms with Crippen LogP contribution in [-0.4, -0.2) is 18.7 Å². The predicted octanol–water partition coefficient (Wildman–Crippen LogP) is 1.64. The van der Waals surface area contributed by atoms with E-state index in [1.807, 2.05) is 6.92 Å². The Hall–Kier alpha value is -0.390. The van der Waals surface area contributed by atoms with E-state index in [0.29, 0.717) is 6.42 Å². The molecule has 0 amide bonds. The molecule has 0 saturated carbocycles. The van der Waals surface area contributed by atoms with E-state index < -0.39 is 10.1 Å². The predicted molar refractivity (Wildman–Crippen MR) is 47.6 cm³/mol. The van der Waals surface area contributed by atoms with Gasteiger partial charge in [0.05, 0.1) is 5.75 Å². The average molecular weight is 183 g/mol. The van der Waals surface area contributed by atoms with E-state index >= 15 is 0 Å². The van der Waals surface area contributed by atoms with Crippen LogP contribution in [0, 0.1) is 0 Å². The van der Waals surface area contributed by atoms with Crippen LogP contribution in [0.15, 0.2) is 12.7 Å². The van der Waals surface area contributed by atoms with Crippen molar-refractivity contribution in [3.8, 4) is 0 Å². The van der Waals surface area contributed by atoms with Gasteiger partial charge < -0.3 is 6.15 Å². The maximum absolute atomic E-state index is 9.79. The molecule has 0 bridgehead atoms. The van der Waals surface area contributed by atoms with Crippen LogP contribution in [0.3, 0.4) is 0 Å². The minimum absolute atomic E-state index is 0. The van der Waals surface area contributed by atoms with Gasteiger partial charge >= 0.3 is 0 Å². The van der Waals surface area contributed by atoms with Gasteiger partial charge in [0, 0.05) is 0 Å². The monoisotopic (exact) mass is 183 g/mol. The molecule has 70 valence electrons. The highest BCUT2D eigenvalue weighted by Gasteiger charge is 1.98. The Bertz CT molecular complexity index is 163. The SMILES string of the molecule is C=CC.CCCS(=O)(=O)O.N. The molecule has 0 heterocycles. The van der Waals surface area contributed by atoms with Crippen LogP contribution in [0.25, 0.3) is 0 Å². The molecule has 4 nitrogen and oxygen atoms in total. The fourth-order valence-corrected chi connectivity index (χ4v) is 0.774.